The Morgan fingerprint density at radius 1 is 1.38 bits per heavy atom. The molecule has 0 atom stereocenters. The van der Waals surface area contributed by atoms with Gasteiger partial charge in [-0.2, -0.15) is 0 Å². The summed E-state index contributed by atoms with van der Waals surface area (Å²) in [7, 11) is 0. The molecule has 1 aromatic rings. The zero-order valence-electron chi connectivity index (χ0n) is 10.2. The number of carbonyl (C=O) groups excluding carboxylic acids is 1. The fourth-order valence-corrected chi connectivity index (χ4v) is 1.87. The van der Waals surface area contributed by atoms with Crippen LogP contribution in [-0.2, 0) is 4.79 Å². The predicted molar refractivity (Wildman–Crippen MR) is 76.6 cm³/mol. The smallest absolute Gasteiger partial charge is 0.224 e. The monoisotopic (exact) mass is 331 g/mol. The number of amides is 1. The Balaban J connectivity index is 2.67. The van der Waals surface area contributed by atoms with Gasteiger partial charge in [-0.25, -0.2) is 0 Å². The Morgan fingerprint density at radius 3 is 2.50 bits per heavy atom. The van der Waals surface area contributed by atoms with Crippen molar-refractivity contribution in [3.05, 3.63) is 27.3 Å². The van der Waals surface area contributed by atoms with Gasteiger partial charge in [0.25, 0.3) is 0 Å². The van der Waals surface area contributed by atoms with E-state index in [1.165, 1.54) is 9.13 Å². The molecule has 2 nitrogen and oxygen atoms in total. The number of hydrogen-bond donors (Lipinski definition) is 1. The number of halogens is 1. The Labute approximate surface area is 111 Å². The highest BCUT2D eigenvalue weighted by atomic mass is 127. The number of anilines is 1. The average Bonchev–Trinajstić information content (AvgIpc) is 2.08. The summed E-state index contributed by atoms with van der Waals surface area (Å²) >= 11 is 2.27. The lowest BCUT2D eigenvalue weighted by molar-refractivity contribution is -0.117. The number of aryl methyl sites for hydroxylation is 1. The molecule has 0 unspecified atom stereocenters. The molecule has 0 aliphatic rings. The normalized spacial score (nSPS) is 11.3. The van der Waals surface area contributed by atoms with Crippen LogP contribution in [0, 0.1) is 15.9 Å². The van der Waals surface area contributed by atoms with E-state index < -0.39 is 0 Å². The summed E-state index contributed by atoms with van der Waals surface area (Å²) in [6.07, 6.45) is 0.539. The van der Waals surface area contributed by atoms with Crippen molar-refractivity contribution in [2.24, 2.45) is 5.41 Å². The summed E-state index contributed by atoms with van der Waals surface area (Å²) in [6.45, 7) is 8.24. The van der Waals surface area contributed by atoms with E-state index in [1.807, 2.05) is 18.2 Å². The number of carbonyl (C=O) groups is 1. The van der Waals surface area contributed by atoms with Crippen molar-refractivity contribution in [1.29, 1.82) is 0 Å². The lowest BCUT2D eigenvalue weighted by Crippen LogP contribution is -2.19. The highest BCUT2D eigenvalue weighted by Gasteiger charge is 2.15. The van der Waals surface area contributed by atoms with Crippen LogP contribution in [0.4, 0.5) is 5.69 Å². The zero-order valence-corrected chi connectivity index (χ0v) is 12.4. The van der Waals surface area contributed by atoms with Gasteiger partial charge in [-0.3, -0.25) is 4.79 Å². The van der Waals surface area contributed by atoms with Crippen LogP contribution in [0.2, 0.25) is 0 Å². The second-order valence-corrected chi connectivity index (χ2v) is 6.41. The van der Waals surface area contributed by atoms with Gasteiger partial charge in [0.1, 0.15) is 0 Å². The minimum atomic E-state index is 0.0297. The van der Waals surface area contributed by atoms with Crippen molar-refractivity contribution in [2.45, 2.75) is 34.1 Å². The van der Waals surface area contributed by atoms with E-state index in [-0.39, 0.29) is 11.3 Å². The molecule has 0 radical (unpaired) electrons. The number of rotatable bonds is 2. The van der Waals surface area contributed by atoms with Crippen LogP contribution in [0.15, 0.2) is 18.2 Å². The molecule has 88 valence electrons. The lowest BCUT2D eigenvalue weighted by Gasteiger charge is -2.17. The molecule has 3 heteroatoms. The molecule has 0 spiro atoms. The van der Waals surface area contributed by atoms with Gasteiger partial charge >= 0.3 is 0 Å². The molecule has 0 heterocycles. The molecule has 16 heavy (non-hydrogen) atoms. The molecule has 1 rings (SSSR count). The lowest BCUT2D eigenvalue weighted by atomic mass is 9.92. The van der Waals surface area contributed by atoms with Gasteiger partial charge in [0.2, 0.25) is 5.91 Å². The van der Waals surface area contributed by atoms with Gasteiger partial charge in [0.15, 0.2) is 0 Å². The molecule has 0 aliphatic heterocycles. The standard InChI is InChI=1S/C13H18INO/c1-9-5-6-10(7-11(9)14)15-12(16)8-13(2,3)4/h5-7H,8H2,1-4H3,(H,15,16). The van der Waals surface area contributed by atoms with Gasteiger partial charge < -0.3 is 5.32 Å². The Hall–Kier alpha value is -0.580. The first-order chi connectivity index (χ1) is 7.28. The Kier molecular flexibility index (Phi) is 4.35. The van der Waals surface area contributed by atoms with E-state index in [9.17, 15) is 4.79 Å². The average molecular weight is 331 g/mol. The number of benzene rings is 1. The first-order valence-electron chi connectivity index (χ1n) is 5.34. The molecule has 0 aliphatic carbocycles. The van der Waals surface area contributed by atoms with Gasteiger partial charge in [0, 0.05) is 15.7 Å². The van der Waals surface area contributed by atoms with Crippen LogP contribution in [-0.4, -0.2) is 5.91 Å². The summed E-state index contributed by atoms with van der Waals surface area (Å²) in [6, 6.07) is 5.96. The molecule has 0 saturated carbocycles. The third-order valence-corrected chi connectivity index (χ3v) is 3.31. The molecule has 1 aromatic carbocycles. The second kappa shape index (κ2) is 5.17. The van der Waals surface area contributed by atoms with Crippen LogP contribution in [0.5, 0.6) is 0 Å². The summed E-state index contributed by atoms with van der Waals surface area (Å²) in [5, 5.41) is 2.92. The minimum Gasteiger partial charge on any atom is -0.326 e. The summed E-state index contributed by atoms with van der Waals surface area (Å²) in [5.41, 5.74) is 2.14. The highest BCUT2D eigenvalue weighted by Crippen LogP contribution is 2.21. The van der Waals surface area contributed by atoms with Gasteiger partial charge in [-0.05, 0) is 52.6 Å². The van der Waals surface area contributed by atoms with Crippen molar-refractivity contribution in [2.75, 3.05) is 5.32 Å². The number of nitrogens with one attached hydrogen (secondary N) is 1. The quantitative estimate of drug-likeness (QED) is 0.816. The Bertz CT molecular complexity index is 393. The van der Waals surface area contributed by atoms with Gasteiger partial charge in [-0.15, -0.1) is 0 Å². The molecule has 0 fully saturated rings. The molecular weight excluding hydrogens is 313 g/mol. The minimum absolute atomic E-state index is 0.0297. The van der Waals surface area contributed by atoms with E-state index in [0.717, 1.165) is 5.69 Å². The highest BCUT2D eigenvalue weighted by molar-refractivity contribution is 14.1. The molecule has 0 bridgehead atoms. The molecular formula is C13H18INO. The van der Waals surface area contributed by atoms with E-state index in [4.69, 9.17) is 0 Å². The van der Waals surface area contributed by atoms with Crippen LogP contribution in [0.3, 0.4) is 0 Å². The van der Waals surface area contributed by atoms with Gasteiger partial charge in [0.05, 0.1) is 0 Å². The van der Waals surface area contributed by atoms with E-state index >= 15 is 0 Å². The molecule has 1 amide bonds. The molecule has 1 N–H and O–H groups in total. The number of hydrogen-bond acceptors (Lipinski definition) is 1. The predicted octanol–water partition coefficient (Wildman–Crippen LogP) is 3.97. The maximum Gasteiger partial charge on any atom is 0.224 e. The first kappa shape index (κ1) is 13.5. The van der Waals surface area contributed by atoms with E-state index in [2.05, 4.69) is 55.6 Å². The van der Waals surface area contributed by atoms with Crippen molar-refractivity contribution >= 4 is 34.2 Å². The van der Waals surface area contributed by atoms with Gasteiger partial charge in [-0.1, -0.05) is 26.8 Å². The zero-order chi connectivity index (χ0) is 12.3. The summed E-state index contributed by atoms with van der Waals surface area (Å²) in [4.78, 5) is 11.7. The van der Waals surface area contributed by atoms with Crippen LogP contribution in [0.25, 0.3) is 0 Å². The van der Waals surface area contributed by atoms with Crippen LogP contribution in [0.1, 0.15) is 32.8 Å². The van der Waals surface area contributed by atoms with E-state index in [0.29, 0.717) is 6.42 Å². The fraction of sp³-hybridized carbons (Fsp3) is 0.462. The second-order valence-electron chi connectivity index (χ2n) is 5.25. The topological polar surface area (TPSA) is 29.1 Å². The third kappa shape index (κ3) is 4.51. The fourth-order valence-electron chi connectivity index (χ4n) is 1.36. The maximum absolute atomic E-state index is 11.7. The van der Waals surface area contributed by atoms with Crippen LogP contribution < -0.4 is 5.32 Å². The molecule has 0 aromatic heterocycles. The molecule has 0 saturated heterocycles. The van der Waals surface area contributed by atoms with E-state index in [1.54, 1.807) is 0 Å². The van der Waals surface area contributed by atoms with Crippen molar-refractivity contribution in [3.63, 3.8) is 0 Å². The summed E-state index contributed by atoms with van der Waals surface area (Å²) in [5.74, 6) is 0.0761. The SMILES string of the molecule is Cc1ccc(NC(=O)CC(C)(C)C)cc1I. The third-order valence-electron chi connectivity index (χ3n) is 2.15. The largest absolute Gasteiger partial charge is 0.326 e. The van der Waals surface area contributed by atoms with Crippen molar-refractivity contribution in [1.82, 2.24) is 0 Å². The summed E-state index contributed by atoms with van der Waals surface area (Å²) < 4.78 is 1.17. The maximum atomic E-state index is 11.7. The first-order valence-corrected chi connectivity index (χ1v) is 6.42. The van der Waals surface area contributed by atoms with Crippen molar-refractivity contribution in [3.8, 4) is 0 Å². The van der Waals surface area contributed by atoms with Crippen LogP contribution >= 0.6 is 22.6 Å². The van der Waals surface area contributed by atoms with Crippen molar-refractivity contribution < 1.29 is 4.79 Å². The Morgan fingerprint density at radius 2 is 2.00 bits per heavy atom.